The third-order valence-corrected chi connectivity index (χ3v) is 3.46. The van der Waals surface area contributed by atoms with E-state index in [0.29, 0.717) is 16.5 Å². The molecule has 0 saturated carbocycles. The van der Waals surface area contributed by atoms with Crippen molar-refractivity contribution in [3.8, 4) is 0 Å². The van der Waals surface area contributed by atoms with Crippen LogP contribution in [0, 0.1) is 6.92 Å². The zero-order valence-electron chi connectivity index (χ0n) is 10.5. The Balaban J connectivity index is 2.57. The molecule has 102 valence electrons. The van der Waals surface area contributed by atoms with Gasteiger partial charge in [0, 0.05) is 23.0 Å². The lowest BCUT2D eigenvalue weighted by atomic mass is 10.1. The number of rotatable bonds is 4. The van der Waals surface area contributed by atoms with Crippen LogP contribution < -0.4 is 4.72 Å². The number of aromatic nitrogens is 1. The Morgan fingerprint density at radius 3 is 2.68 bits per heavy atom. The quantitative estimate of drug-likeness (QED) is 0.785. The molecule has 0 unspecified atom stereocenters. The van der Waals surface area contributed by atoms with Gasteiger partial charge in [-0.25, -0.2) is 17.9 Å². The Morgan fingerprint density at radius 1 is 1.42 bits per heavy atom. The molecule has 0 aliphatic rings. The van der Waals surface area contributed by atoms with Gasteiger partial charge in [-0.1, -0.05) is 11.6 Å². The maximum atomic E-state index is 11.2. The second-order valence-corrected chi connectivity index (χ2v) is 6.26. The van der Waals surface area contributed by atoms with Gasteiger partial charge in [-0.2, -0.15) is 0 Å². The Labute approximate surface area is 110 Å². The second-order valence-electron chi connectivity index (χ2n) is 4.43. The van der Waals surface area contributed by atoms with E-state index in [0.717, 1.165) is 11.8 Å². The number of aromatic carboxylic acids is 1. The van der Waals surface area contributed by atoms with Crippen LogP contribution in [0.25, 0.3) is 10.9 Å². The molecule has 0 bridgehead atoms. The predicted molar refractivity (Wildman–Crippen MR) is 71.7 cm³/mol. The molecule has 0 aliphatic heterocycles. The topological polar surface area (TPSA) is 99.3 Å². The minimum absolute atomic E-state index is 0.0109. The zero-order chi connectivity index (χ0) is 14.2. The summed E-state index contributed by atoms with van der Waals surface area (Å²) in [5.74, 6) is -1.11. The summed E-state index contributed by atoms with van der Waals surface area (Å²) in [6, 6.07) is 5.47. The van der Waals surface area contributed by atoms with Crippen molar-refractivity contribution in [2.45, 2.75) is 13.5 Å². The molecule has 0 atom stereocenters. The highest BCUT2D eigenvalue weighted by molar-refractivity contribution is 7.88. The second kappa shape index (κ2) is 4.67. The summed E-state index contributed by atoms with van der Waals surface area (Å²) in [5, 5.41) is 9.87. The van der Waals surface area contributed by atoms with Crippen LogP contribution in [0.2, 0.25) is 0 Å². The highest BCUT2D eigenvalue weighted by atomic mass is 32.2. The monoisotopic (exact) mass is 282 g/mol. The summed E-state index contributed by atoms with van der Waals surface area (Å²) in [4.78, 5) is 14.0. The lowest BCUT2D eigenvalue weighted by Gasteiger charge is -2.03. The van der Waals surface area contributed by atoms with Gasteiger partial charge in [0.2, 0.25) is 10.0 Å². The number of carboxylic acids is 1. The number of benzene rings is 1. The number of hydrogen-bond acceptors (Lipinski definition) is 3. The molecule has 1 aromatic carbocycles. The van der Waals surface area contributed by atoms with Gasteiger partial charge in [0.05, 0.1) is 6.26 Å². The molecule has 0 saturated heterocycles. The number of carboxylic acid groups (broad SMARTS) is 1. The summed E-state index contributed by atoms with van der Waals surface area (Å²) in [5.41, 5.74) is 2.10. The van der Waals surface area contributed by atoms with Crippen LogP contribution in [-0.2, 0) is 16.6 Å². The maximum absolute atomic E-state index is 11.2. The van der Waals surface area contributed by atoms with E-state index >= 15 is 0 Å². The highest BCUT2D eigenvalue weighted by Crippen LogP contribution is 2.24. The summed E-state index contributed by atoms with van der Waals surface area (Å²) in [7, 11) is -3.38. The number of H-pyrrole nitrogens is 1. The molecule has 0 radical (unpaired) electrons. The van der Waals surface area contributed by atoms with E-state index in [1.807, 2.05) is 19.1 Å². The Hall–Kier alpha value is -1.86. The predicted octanol–water partition coefficient (Wildman–Crippen LogP) is 1.22. The SMILES string of the molecule is Cc1ccc2[nH]c(C(=O)O)c(CNS(C)(=O)=O)c2c1. The van der Waals surface area contributed by atoms with Crippen LogP contribution in [-0.4, -0.2) is 30.7 Å². The van der Waals surface area contributed by atoms with E-state index in [1.54, 1.807) is 6.07 Å². The van der Waals surface area contributed by atoms with Crippen LogP contribution in [0.15, 0.2) is 18.2 Å². The van der Waals surface area contributed by atoms with Crippen LogP contribution in [0.3, 0.4) is 0 Å². The van der Waals surface area contributed by atoms with Gasteiger partial charge < -0.3 is 10.1 Å². The van der Waals surface area contributed by atoms with E-state index in [1.165, 1.54) is 0 Å². The summed E-state index contributed by atoms with van der Waals surface area (Å²) in [6.07, 6.45) is 1.04. The molecule has 0 aliphatic carbocycles. The first-order valence-corrected chi connectivity index (χ1v) is 7.46. The average molecular weight is 282 g/mol. The fourth-order valence-electron chi connectivity index (χ4n) is 1.93. The van der Waals surface area contributed by atoms with Gasteiger partial charge in [-0.3, -0.25) is 0 Å². The first-order chi connectivity index (χ1) is 8.78. The maximum Gasteiger partial charge on any atom is 0.352 e. The van der Waals surface area contributed by atoms with Crippen LogP contribution in [0.5, 0.6) is 0 Å². The fourth-order valence-corrected chi connectivity index (χ4v) is 2.34. The van der Waals surface area contributed by atoms with Crippen molar-refractivity contribution in [3.05, 3.63) is 35.0 Å². The van der Waals surface area contributed by atoms with E-state index < -0.39 is 16.0 Å². The van der Waals surface area contributed by atoms with Crippen LogP contribution >= 0.6 is 0 Å². The Bertz CT molecular complexity index is 746. The summed E-state index contributed by atoms with van der Waals surface area (Å²) < 4.78 is 24.6. The number of carbonyl (C=O) groups is 1. The van der Waals surface area contributed by atoms with Crippen LogP contribution in [0.4, 0.5) is 0 Å². The Kier molecular flexibility index (Phi) is 3.34. The average Bonchev–Trinajstić information content (AvgIpc) is 2.63. The largest absolute Gasteiger partial charge is 0.477 e. The van der Waals surface area contributed by atoms with E-state index in [2.05, 4.69) is 9.71 Å². The number of aryl methyl sites for hydroxylation is 1. The van der Waals surface area contributed by atoms with Gasteiger partial charge >= 0.3 is 5.97 Å². The number of hydrogen-bond donors (Lipinski definition) is 3. The molecular weight excluding hydrogens is 268 g/mol. The zero-order valence-corrected chi connectivity index (χ0v) is 11.3. The Morgan fingerprint density at radius 2 is 2.11 bits per heavy atom. The fraction of sp³-hybridized carbons (Fsp3) is 0.250. The first-order valence-electron chi connectivity index (χ1n) is 5.57. The van der Waals surface area contributed by atoms with Crippen molar-refractivity contribution in [1.82, 2.24) is 9.71 Å². The smallest absolute Gasteiger partial charge is 0.352 e. The summed E-state index contributed by atoms with van der Waals surface area (Å²) in [6.45, 7) is 1.84. The number of nitrogens with one attached hydrogen (secondary N) is 2. The highest BCUT2D eigenvalue weighted by Gasteiger charge is 2.17. The molecule has 3 N–H and O–H groups in total. The van der Waals surface area contributed by atoms with E-state index in [-0.39, 0.29) is 12.2 Å². The number of sulfonamides is 1. The molecule has 0 amide bonds. The van der Waals surface area contributed by atoms with E-state index in [4.69, 9.17) is 5.11 Å². The molecule has 0 fully saturated rings. The lowest BCUT2D eigenvalue weighted by molar-refractivity contribution is 0.0690. The van der Waals surface area contributed by atoms with Crippen molar-refractivity contribution < 1.29 is 18.3 Å². The molecule has 6 nitrogen and oxygen atoms in total. The molecule has 2 aromatic rings. The van der Waals surface area contributed by atoms with Crippen molar-refractivity contribution in [2.75, 3.05) is 6.26 Å². The standard InChI is InChI=1S/C12H14N2O4S/c1-7-3-4-10-8(5-7)9(6-13-19(2,17)18)11(14-10)12(15)16/h3-5,13-14H,6H2,1-2H3,(H,15,16). The van der Waals surface area contributed by atoms with Gasteiger partial charge in [-0.05, 0) is 19.1 Å². The molecule has 19 heavy (non-hydrogen) atoms. The van der Waals surface area contributed by atoms with Crippen LogP contribution in [0.1, 0.15) is 21.6 Å². The molecule has 2 rings (SSSR count). The first kappa shape index (κ1) is 13.6. The molecular formula is C12H14N2O4S. The molecule has 0 spiro atoms. The molecule has 1 aromatic heterocycles. The van der Waals surface area contributed by atoms with E-state index in [9.17, 15) is 13.2 Å². The minimum Gasteiger partial charge on any atom is -0.477 e. The van der Waals surface area contributed by atoms with Gasteiger partial charge in [0.1, 0.15) is 5.69 Å². The van der Waals surface area contributed by atoms with Gasteiger partial charge in [0.25, 0.3) is 0 Å². The third-order valence-electron chi connectivity index (χ3n) is 2.79. The summed E-state index contributed by atoms with van der Waals surface area (Å²) >= 11 is 0. The molecule has 1 heterocycles. The normalized spacial score (nSPS) is 11.9. The van der Waals surface area contributed by atoms with Crippen molar-refractivity contribution >= 4 is 26.9 Å². The number of fused-ring (bicyclic) bond motifs is 1. The van der Waals surface area contributed by atoms with Crippen molar-refractivity contribution in [1.29, 1.82) is 0 Å². The third kappa shape index (κ3) is 2.94. The van der Waals surface area contributed by atoms with Crippen molar-refractivity contribution in [2.24, 2.45) is 0 Å². The van der Waals surface area contributed by atoms with Gasteiger partial charge in [-0.15, -0.1) is 0 Å². The number of aromatic amines is 1. The molecule has 7 heteroatoms. The van der Waals surface area contributed by atoms with Crippen molar-refractivity contribution in [3.63, 3.8) is 0 Å². The van der Waals surface area contributed by atoms with Gasteiger partial charge in [0.15, 0.2) is 0 Å². The minimum atomic E-state index is -3.38. The lowest BCUT2D eigenvalue weighted by Crippen LogP contribution is -2.22.